The molecular formula is C29H30N4O4. The van der Waals surface area contributed by atoms with Gasteiger partial charge in [0.25, 0.3) is 0 Å². The molecule has 0 spiro atoms. The van der Waals surface area contributed by atoms with Gasteiger partial charge in [-0.2, -0.15) is 0 Å². The maximum atomic E-state index is 13.8. The second kappa shape index (κ2) is 12.0. The van der Waals surface area contributed by atoms with Crippen LogP contribution in [0.3, 0.4) is 0 Å². The number of anilines is 1. The number of likely N-dealkylation sites (N-methyl/N-ethyl adjacent to an activating group) is 1. The van der Waals surface area contributed by atoms with Gasteiger partial charge in [-0.1, -0.05) is 36.9 Å². The number of amides is 3. The lowest BCUT2D eigenvalue weighted by molar-refractivity contribution is -0.127. The zero-order valence-corrected chi connectivity index (χ0v) is 20.8. The third-order valence-corrected chi connectivity index (χ3v) is 6.42. The molecule has 3 aromatic rings. The van der Waals surface area contributed by atoms with E-state index in [0.717, 1.165) is 24.2 Å². The zero-order chi connectivity index (χ0) is 26.2. The van der Waals surface area contributed by atoms with E-state index in [0.29, 0.717) is 30.8 Å². The van der Waals surface area contributed by atoms with Crippen LogP contribution in [0.1, 0.15) is 28.9 Å². The molecule has 1 saturated heterocycles. The summed E-state index contributed by atoms with van der Waals surface area (Å²) in [4.78, 5) is 46.8. The number of nitrogens with zero attached hydrogens (tertiary/aromatic N) is 4. The van der Waals surface area contributed by atoms with Gasteiger partial charge in [0.15, 0.2) is 6.29 Å². The molecular weight excluding hydrogens is 468 g/mol. The Bertz CT molecular complexity index is 1250. The molecule has 8 heteroatoms. The molecule has 0 bridgehead atoms. The molecule has 2 heterocycles. The summed E-state index contributed by atoms with van der Waals surface area (Å²) in [6, 6.07) is 19.9. The predicted molar refractivity (Wildman–Crippen MR) is 142 cm³/mol. The second-order valence-electron chi connectivity index (χ2n) is 8.85. The molecule has 1 atom stereocenters. The average Bonchev–Trinajstić information content (AvgIpc) is 2.96. The van der Waals surface area contributed by atoms with E-state index in [4.69, 9.17) is 4.74 Å². The molecule has 37 heavy (non-hydrogen) atoms. The first kappa shape index (κ1) is 25.6. The number of rotatable bonds is 8. The number of urea groups is 1. The van der Waals surface area contributed by atoms with Gasteiger partial charge in [-0.25, -0.2) is 4.79 Å². The van der Waals surface area contributed by atoms with E-state index in [9.17, 15) is 14.4 Å². The standard InChI is InChI=1S/C29H30N4O4/c1-3-28(35)32-18-8-9-23(20-32)31(2)29(36)33(27-12-7-17-30-26(27)21-34)19-22-13-15-25(16-14-22)37-24-10-5-4-6-11-24/h3-7,10-17,21,23H,1,8-9,18-20H2,2H3. The minimum Gasteiger partial charge on any atom is -0.457 e. The molecule has 0 saturated carbocycles. The number of hydrogen-bond donors (Lipinski definition) is 0. The fraction of sp³-hybridized carbons (Fsp3) is 0.241. The lowest BCUT2D eigenvalue weighted by Gasteiger charge is -2.39. The Morgan fingerprint density at radius 3 is 2.51 bits per heavy atom. The van der Waals surface area contributed by atoms with Crippen molar-refractivity contribution in [3.05, 3.63) is 96.8 Å². The van der Waals surface area contributed by atoms with Crippen LogP contribution >= 0.6 is 0 Å². The normalized spacial score (nSPS) is 14.9. The lowest BCUT2D eigenvalue weighted by Crippen LogP contribution is -2.53. The number of carbonyl (C=O) groups is 3. The van der Waals surface area contributed by atoms with Crippen LogP contribution in [0.5, 0.6) is 11.5 Å². The van der Waals surface area contributed by atoms with Gasteiger partial charge in [0.1, 0.15) is 17.2 Å². The molecule has 1 aliphatic rings. The summed E-state index contributed by atoms with van der Waals surface area (Å²) in [5.41, 5.74) is 1.46. The average molecular weight is 499 g/mol. The Balaban J connectivity index is 1.56. The number of para-hydroxylation sites is 1. The van der Waals surface area contributed by atoms with Gasteiger partial charge in [-0.15, -0.1) is 0 Å². The first-order valence-electron chi connectivity index (χ1n) is 12.2. The summed E-state index contributed by atoms with van der Waals surface area (Å²) in [5.74, 6) is 1.26. The molecule has 3 amide bonds. The van der Waals surface area contributed by atoms with Crippen molar-refractivity contribution in [2.45, 2.75) is 25.4 Å². The van der Waals surface area contributed by atoms with E-state index in [1.165, 1.54) is 12.3 Å². The molecule has 4 rings (SSSR count). The number of likely N-dealkylation sites (tertiary alicyclic amines) is 1. The highest BCUT2D eigenvalue weighted by Crippen LogP contribution is 2.26. The largest absolute Gasteiger partial charge is 0.457 e. The van der Waals surface area contributed by atoms with Crippen LogP contribution in [-0.4, -0.2) is 59.2 Å². The van der Waals surface area contributed by atoms with Crippen molar-refractivity contribution in [2.24, 2.45) is 0 Å². The van der Waals surface area contributed by atoms with Crippen molar-refractivity contribution >= 4 is 23.9 Å². The summed E-state index contributed by atoms with van der Waals surface area (Å²) in [6.45, 7) is 4.87. The first-order valence-corrected chi connectivity index (χ1v) is 12.2. The van der Waals surface area contributed by atoms with Gasteiger partial charge >= 0.3 is 6.03 Å². The van der Waals surface area contributed by atoms with Crippen molar-refractivity contribution in [1.82, 2.24) is 14.8 Å². The molecule has 0 radical (unpaired) electrons. The molecule has 1 unspecified atom stereocenters. The van der Waals surface area contributed by atoms with Gasteiger partial charge in [-0.05, 0) is 60.9 Å². The van der Waals surface area contributed by atoms with Gasteiger partial charge in [0, 0.05) is 26.3 Å². The maximum absolute atomic E-state index is 13.8. The van der Waals surface area contributed by atoms with Crippen LogP contribution < -0.4 is 9.64 Å². The number of piperidine rings is 1. The third-order valence-electron chi connectivity index (χ3n) is 6.42. The highest BCUT2D eigenvalue weighted by Gasteiger charge is 2.31. The molecule has 2 aromatic carbocycles. The minimum absolute atomic E-state index is 0.143. The summed E-state index contributed by atoms with van der Waals surface area (Å²) in [5, 5.41) is 0. The van der Waals surface area contributed by atoms with Crippen LogP contribution in [-0.2, 0) is 11.3 Å². The number of aldehydes is 1. The lowest BCUT2D eigenvalue weighted by atomic mass is 10.0. The maximum Gasteiger partial charge on any atom is 0.324 e. The van der Waals surface area contributed by atoms with E-state index in [2.05, 4.69) is 11.6 Å². The Morgan fingerprint density at radius 2 is 1.81 bits per heavy atom. The summed E-state index contributed by atoms with van der Waals surface area (Å²) < 4.78 is 5.88. The highest BCUT2D eigenvalue weighted by atomic mass is 16.5. The van der Waals surface area contributed by atoms with Gasteiger partial charge in [-0.3, -0.25) is 19.5 Å². The molecule has 1 aliphatic heterocycles. The molecule has 1 aromatic heterocycles. The zero-order valence-electron chi connectivity index (χ0n) is 20.8. The number of ether oxygens (including phenoxy) is 1. The van der Waals surface area contributed by atoms with Crippen molar-refractivity contribution < 1.29 is 19.1 Å². The van der Waals surface area contributed by atoms with Crippen LogP contribution in [0.4, 0.5) is 10.5 Å². The topological polar surface area (TPSA) is 83.1 Å². The predicted octanol–water partition coefficient (Wildman–Crippen LogP) is 4.92. The van der Waals surface area contributed by atoms with E-state index >= 15 is 0 Å². The van der Waals surface area contributed by atoms with Gasteiger partial charge in [0.05, 0.1) is 18.3 Å². The van der Waals surface area contributed by atoms with E-state index in [1.807, 2.05) is 54.6 Å². The summed E-state index contributed by atoms with van der Waals surface area (Å²) >= 11 is 0. The quantitative estimate of drug-likeness (QED) is 0.325. The monoisotopic (exact) mass is 498 g/mol. The van der Waals surface area contributed by atoms with Crippen LogP contribution in [0.25, 0.3) is 0 Å². The summed E-state index contributed by atoms with van der Waals surface area (Å²) in [6.07, 6.45) is 5.04. The fourth-order valence-electron chi connectivity index (χ4n) is 4.40. The van der Waals surface area contributed by atoms with Gasteiger partial charge in [0.2, 0.25) is 5.91 Å². The van der Waals surface area contributed by atoms with Crippen molar-refractivity contribution in [3.8, 4) is 11.5 Å². The number of aromatic nitrogens is 1. The highest BCUT2D eigenvalue weighted by molar-refractivity contribution is 5.96. The molecule has 8 nitrogen and oxygen atoms in total. The number of hydrogen-bond acceptors (Lipinski definition) is 5. The first-order chi connectivity index (χ1) is 18.0. The summed E-state index contributed by atoms with van der Waals surface area (Å²) in [7, 11) is 1.73. The number of benzene rings is 2. The smallest absolute Gasteiger partial charge is 0.324 e. The Labute approximate surface area is 216 Å². The van der Waals surface area contributed by atoms with Crippen molar-refractivity contribution in [2.75, 3.05) is 25.0 Å². The third kappa shape index (κ3) is 6.22. The molecule has 190 valence electrons. The van der Waals surface area contributed by atoms with Crippen LogP contribution in [0.2, 0.25) is 0 Å². The Hall–Kier alpha value is -4.46. The molecule has 1 fully saturated rings. The molecule has 0 aliphatic carbocycles. The van der Waals surface area contributed by atoms with Crippen molar-refractivity contribution in [3.63, 3.8) is 0 Å². The van der Waals surface area contributed by atoms with Crippen molar-refractivity contribution in [1.29, 1.82) is 0 Å². The minimum atomic E-state index is -0.279. The Morgan fingerprint density at radius 1 is 1.08 bits per heavy atom. The fourth-order valence-corrected chi connectivity index (χ4v) is 4.40. The van der Waals surface area contributed by atoms with E-state index < -0.39 is 0 Å². The SMILES string of the molecule is C=CC(=O)N1CCCC(N(C)C(=O)N(Cc2ccc(Oc3ccccc3)cc2)c2cccnc2C=O)C1. The number of carbonyl (C=O) groups excluding carboxylic acids is 3. The van der Waals surface area contributed by atoms with Crippen LogP contribution in [0, 0.1) is 0 Å². The second-order valence-corrected chi connectivity index (χ2v) is 8.85. The van der Waals surface area contributed by atoms with E-state index in [1.54, 1.807) is 33.9 Å². The van der Waals surface area contributed by atoms with E-state index in [-0.39, 0.29) is 30.2 Å². The number of pyridine rings is 1. The van der Waals surface area contributed by atoms with Gasteiger partial charge < -0.3 is 14.5 Å². The Kier molecular flexibility index (Phi) is 8.30. The van der Waals surface area contributed by atoms with Crippen LogP contribution in [0.15, 0.2) is 85.6 Å². The molecule has 0 N–H and O–H groups in total.